The highest BCUT2D eigenvalue weighted by atomic mass is 32.1. The van der Waals surface area contributed by atoms with E-state index in [-0.39, 0.29) is 18.7 Å². The lowest BCUT2D eigenvalue weighted by Crippen LogP contribution is -2.54. The molecule has 1 atom stereocenters. The minimum absolute atomic E-state index is 0.106. The summed E-state index contributed by atoms with van der Waals surface area (Å²) in [5, 5.41) is 3.48. The Morgan fingerprint density at radius 2 is 1.82 bits per heavy atom. The summed E-state index contributed by atoms with van der Waals surface area (Å²) < 4.78 is 0. The first-order valence-electron chi connectivity index (χ1n) is 13.5. The van der Waals surface area contributed by atoms with Gasteiger partial charge in [-0.1, -0.05) is 12.1 Å². The molecule has 9 nitrogen and oxygen atoms in total. The lowest BCUT2D eigenvalue weighted by molar-refractivity contribution is -0.136. The van der Waals surface area contributed by atoms with Gasteiger partial charge in [0, 0.05) is 36.3 Å². The van der Waals surface area contributed by atoms with E-state index in [1.807, 2.05) is 17.4 Å². The molecule has 5 heterocycles. The first-order chi connectivity index (χ1) is 19.0. The molecule has 1 fully saturated rings. The van der Waals surface area contributed by atoms with Gasteiger partial charge in [0.25, 0.3) is 11.8 Å². The van der Waals surface area contributed by atoms with Crippen molar-refractivity contribution < 1.29 is 19.2 Å². The van der Waals surface area contributed by atoms with Gasteiger partial charge in [0.1, 0.15) is 17.2 Å². The Morgan fingerprint density at radius 3 is 2.64 bits per heavy atom. The highest BCUT2D eigenvalue weighted by molar-refractivity contribution is 7.18. The summed E-state index contributed by atoms with van der Waals surface area (Å²) in [7, 11) is 0. The summed E-state index contributed by atoms with van der Waals surface area (Å²) in [5.41, 5.74) is 5.35. The smallest absolute Gasteiger partial charge is 0.262 e. The normalized spacial score (nSPS) is 21.7. The Hall–Kier alpha value is -3.76. The van der Waals surface area contributed by atoms with Crippen LogP contribution in [-0.2, 0) is 29.0 Å². The molecule has 0 radical (unpaired) electrons. The zero-order valence-corrected chi connectivity index (χ0v) is 22.2. The van der Waals surface area contributed by atoms with Crippen LogP contribution in [0.1, 0.15) is 74.5 Å². The summed E-state index contributed by atoms with van der Waals surface area (Å²) in [6.45, 7) is 2.26. The molecule has 1 aliphatic carbocycles. The topological polar surface area (TPSA) is 113 Å². The minimum atomic E-state index is -0.953. The number of fused-ring (bicyclic) bond motifs is 4. The Bertz CT molecular complexity index is 1610. The van der Waals surface area contributed by atoms with Crippen LogP contribution in [0.2, 0.25) is 0 Å². The number of rotatable bonds is 4. The molecule has 1 unspecified atom stereocenters. The molecule has 198 valence electrons. The monoisotopic (exact) mass is 541 g/mol. The summed E-state index contributed by atoms with van der Waals surface area (Å²) in [6, 6.07) is 4.38. The fourth-order valence-electron chi connectivity index (χ4n) is 6.28. The second kappa shape index (κ2) is 9.46. The minimum Gasteiger partial charge on any atom is -0.295 e. The van der Waals surface area contributed by atoms with Gasteiger partial charge >= 0.3 is 0 Å². The van der Waals surface area contributed by atoms with Crippen LogP contribution in [0, 0.1) is 0 Å². The van der Waals surface area contributed by atoms with E-state index < -0.39 is 23.8 Å². The van der Waals surface area contributed by atoms with Crippen molar-refractivity contribution in [2.24, 2.45) is 0 Å². The van der Waals surface area contributed by atoms with Crippen LogP contribution >= 0.6 is 11.3 Å². The number of amides is 4. The summed E-state index contributed by atoms with van der Waals surface area (Å²) >= 11 is 1.82. The van der Waals surface area contributed by atoms with Gasteiger partial charge in [0.15, 0.2) is 0 Å². The van der Waals surface area contributed by atoms with Crippen LogP contribution in [0.3, 0.4) is 0 Å². The van der Waals surface area contributed by atoms with Gasteiger partial charge in [-0.25, -0.2) is 9.97 Å². The predicted molar refractivity (Wildman–Crippen MR) is 145 cm³/mol. The quantitative estimate of drug-likeness (QED) is 0.505. The molecule has 0 spiro atoms. The van der Waals surface area contributed by atoms with Crippen LogP contribution in [0.25, 0.3) is 15.8 Å². The lowest BCUT2D eigenvalue weighted by Gasteiger charge is -2.27. The largest absolute Gasteiger partial charge is 0.295 e. The maximum atomic E-state index is 13.2. The standard InChI is InChI=1S/C29H27N5O4S/c35-23-8-7-21(26(36)32-23)34-28(37)18-6-5-16(13-20(18)29(34)38)14-33-11-9-17(10-12-33)25-24-19-3-1-2-4-22(19)39-27(24)31-15-30-25/h5-6,9,13,15,21H,1-4,7-8,10-12,14H2,(H,32,35,36). The first kappa shape index (κ1) is 24.3. The van der Waals surface area contributed by atoms with Gasteiger partial charge in [0.2, 0.25) is 11.8 Å². The van der Waals surface area contributed by atoms with Crippen molar-refractivity contribution in [3.63, 3.8) is 0 Å². The molecule has 0 saturated carbocycles. The number of carbonyl (C=O) groups excluding carboxylic acids is 4. The SMILES string of the molecule is O=C1CCC(N2C(=O)c3ccc(CN4CC=C(c5ncnc6sc7c(c56)CCCC7)CC4)cc3C2=O)C(=O)N1. The van der Waals surface area contributed by atoms with E-state index in [0.717, 1.165) is 53.3 Å². The van der Waals surface area contributed by atoms with Crippen LogP contribution < -0.4 is 5.32 Å². The summed E-state index contributed by atoms with van der Waals surface area (Å²) in [6.07, 6.45) is 9.80. The molecule has 3 aromatic rings. The average Bonchev–Trinajstić information content (AvgIpc) is 3.44. The van der Waals surface area contributed by atoms with Crippen molar-refractivity contribution >= 4 is 50.8 Å². The van der Waals surface area contributed by atoms with E-state index in [1.165, 1.54) is 34.2 Å². The third-order valence-electron chi connectivity index (χ3n) is 8.26. The number of nitrogens with zero attached hydrogens (tertiary/aromatic N) is 4. The first-order valence-corrected chi connectivity index (χ1v) is 14.3. The number of imide groups is 2. The molecule has 2 aromatic heterocycles. The van der Waals surface area contributed by atoms with Crippen LogP contribution in [-0.4, -0.2) is 62.5 Å². The van der Waals surface area contributed by atoms with E-state index in [2.05, 4.69) is 21.3 Å². The van der Waals surface area contributed by atoms with Gasteiger partial charge in [0.05, 0.1) is 16.8 Å². The molecule has 0 bridgehead atoms. The number of hydrogen-bond acceptors (Lipinski definition) is 8. The maximum Gasteiger partial charge on any atom is 0.262 e. The molecule has 1 aromatic carbocycles. The fraction of sp³-hybridized carbons (Fsp3) is 0.379. The van der Waals surface area contributed by atoms with Crippen molar-refractivity contribution in [1.82, 2.24) is 25.1 Å². The Balaban J connectivity index is 1.08. The number of benzene rings is 1. The number of piperidine rings is 1. The zero-order chi connectivity index (χ0) is 26.7. The summed E-state index contributed by atoms with van der Waals surface area (Å²) in [5.74, 6) is -1.93. The van der Waals surface area contributed by atoms with Crippen molar-refractivity contribution in [3.8, 4) is 0 Å². The van der Waals surface area contributed by atoms with Crippen LogP contribution in [0.15, 0.2) is 30.6 Å². The molecular weight excluding hydrogens is 514 g/mol. The van der Waals surface area contributed by atoms with Gasteiger partial charge in [-0.15, -0.1) is 11.3 Å². The van der Waals surface area contributed by atoms with E-state index >= 15 is 0 Å². The highest BCUT2D eigenvalue weighted by Gasteiger charge is 2.44. The Labute approximate surface area is 228 Å². The van der Waals surface area contributed by atoms with E-state index in [1.54, 1.807) is 18.5 Å². The third kappa shape index (κ3) is 4.09. The molecular formula is C29H27N5O4S. The molecule has 4 amide bonds. The van der Waals surface area contributed by atoms with Crippen molar-refractivity contribution in [2.75, 3.05) is 13.1 Å². The van der Waals surface area contributed by atoms with Gasteiger partial charge in [-0.05, 0) is 67.4 Å². The molecule has 1 saturated heterocycles. The van der Waals surface area contributed by atoms with E-state index in [0.29, 0.717) is 17.7 Å². The highest BCUT2D eigenvalue weighted by Crippen LogP contribution is 2.39. The molecule has 3 aliphatic heterocycles. The number of hydrogen-bond donors (Lipinski definition) is 1. The average molecular weight is 542 g/mol. The fourth-order valence-corrected chi connectivity index (χ4v) is 7.51. The maximum absolute atomic E-state index is 13.2. The third-order valence-corrected chi connectivity index (χ3v) is 9.46. The number of carbonyl (C=O) groups is 4. The van der Waals surface area contributed by atoms with Gasteiger partial charge in [-0.3, -0.25) is 34.3 Å². The van der Waals surface area contributed by atoms with Crippen molar-refractivity contribution in [1.29, 1.82) is 0 Å². The molecule has 7 rings (SSSR count). The molecule has 10 heteroatoms. The molecule has 39 heavy (non-hydrogen) atoms. The zero-order valence-electron chi connectivity index (χ0n) is 21.4. The van der Waals surface area contributed by atoms with Crippen LogP contribution in [0.5, 0.6) is 0 Å². The van der Waals surface area contributed by atoms with E-state index in [9.17, 15) is 19.2 Å². The van der Waals surface area contributed by atoms with E-state index in [4.69, 9.17) is 4.98 Å². The lowest BCUT2D eigenvalue weighted by atomic mass is 9.93. The molecule has 4 aliphatic rings. The second-order valence-corrected chi connectivity index (χ2v) is 11.7. The second-order valence-electron chi connectivity index (χ2n) is 10.7. The predicted octanol–water partition coefficient (Wildman–Crippen LogP) is 3.26. The Kier molecular flexibility index (Phi) is 5.89. The van der Waals surface area contributed by atoms with Gasteiger partial charge < -0.3 is 0 Å². The van der Waals surface area contributed by atoms with Gasteiger partial charge in [-0.2, -0.15) is 0 Å². The Morgan fingerprint density at radius 1 is 0.974 bits per heavy atom. The number of nitrogens with one attached hydrogen (secondary N) is 1. The number of aryl methyl sites for hydroxylation is 2. The summed E-state index contributed by atoms with van der Waals surface area (Å²) in [4.78, 5) is 65.2. The molecule has 1 N–H and O–H groups in total. The van der Waals surface area contributed by atoms with Crippen molar-refractivity contribution in [3.05, 3.63) is 63.4 Å². The number of aromatic nitrogens is 2. The number of thiophene rings is 1. The van der Waals surface area contributed by atoms with Crippen molar-refractivity contribution in [2.45, 2.75) is 57.5 Å². The van der Waals surface area contributed by atoms with Crippen LogP contribution in [0.4, 0.5) is 0 Å².